The number of thiol groups is 1. The summed E-state index contributed by atoms with van der Waals surface area (Å²) in [6.07, 6.45) is -7.99. The van der Waals surface area contributed by atoms with E-state index in [-0.39, 0.29) is 6.61 Å². The number of aliphatic hydroxyl groups excluding tert-OH is 7. The van der Waals surface area contributed by atoms with Crippen molar-refractivity contribution >= 4 is 12.6 Å². The summed E-state index contributed by atoms with van der Waals surface area (Å²) in [5.74, 6) is 0.884. The fraction of sp³-hybridized carbons (Fsp3) is 1.00. The highest BCUT2D eigenvalue weighted by atomic mass is 32.1. The normalized spacial score (nSPS) is 40.5. The zero-order valence-corrected chi connectivity index (χ0v) is 18.9. The van der Waals surface area contributed by atoms with Crippen LogP contribution in [0.5, 0.6) is 0 Å². The van der Waals surface area contributed by atoms with Gasteiger partial charge in [-0.3, -0.25) is 0 Å². The monoisotopic (exact) mass is 486 g/mol. The van der Waals surface area contributed by atoms with Gasteiger partial charge in [0.2, 0.25) is 0 Å². The SMILES string of the molecule is OC[C@H]1O[C@H](OC[C@H]2O[C@H](OCCCCCCCCS)[C@@H](O)[C@@H](O)[C@@H]2O)[C@@H](O)[C@@H](O)[C@@H]1O. The van der Waals surface area contributed by atoms with E-state index in [1.165, 1.54) is 0 Å². The van der Waals surface area contributed by atoms with Gasteiger partial charge in [-0.05, 0) is 18.6 Å². The van der Waals surface area contributed by atoms with Crippen LogP contribution in [0, 0.1) is 0 Å². The maximum absolute atomic E-state index is 10.2. The minimum Gasteiger partial charge on any atom is -0.394 e. The average Bonchev–Trinajstić information content (AvgIpc) is 2.79. The Balaban J connectivity index is 1.80. The molecule has 0 aromatic rings. The third-order valence-electron chi connectivity index (χ3n) is 5.78. The molecule has 7 N–H and O–H groups in total. The topological polar surface area (TPSA) is 179 Å². The van der Waals surface area contributed by atoms with Crippen LogP contribution in [0.15, 0.2) is 0 Å². The molecule has 0 amide bonds. The molecule has 0 saturated carbocycles. The first kappa shape index (κ1) is 28.1. The first-order chi connectivity index (χ1) is 15.3. The second-order valence-corrected chi connectivity index (χ2v) is 8.71. The Labute approximate surface area is 193 Å². The van der Waals surface area contributed by atoms with Gasteiger partial charge in [-0.2, -0.15) is 12.6 Å². The van der Waals surface area contributed by atoms with Crippen molar-refractivity contribution < 1.29 is 54.7 Å². The van der Waals surface area contributed by atoms with Crippen molar-refractivity contribution in [1.29, 1.82) is 0 Å². The summed E-state index contributed by atoms with van der Waals surface area (Å²) < 4.78 is 21.7. The van der Waals surface area contributed by atoms with E-state index in [4.69, 9.17) is 18.9 Å². The van der Waals surface area contributed by atoms with E-state index in [2.05, 4.69) is 12.6 Å². The molecule has 10 atom stereocenters. The highest BCUT2D eigenvalue weighted by molar-refractivity contribution is 7.80. The number of ether oxygens (including phenoxy) is 4. The lowest BCUT2D eigenvalue weighted by molar-refractivity contribution is -0.331. The summed E-state index contributed by atoms with van der Waals surface area (Å²) in [5.41, 5.74) is 0. The third-order valence-corrected chi connectivity index (χ3v) is 6.09. The summed E-state index contributed by atoms with van der Waals surface area (Å²) in [6.45, 7) is -0.681. The van der Waals surface area contributed by atoms with E-state index in [9.17, 15) is 35.7 Å². The first-order valence-corrected chi connectivity index (χ1v) is 11.8. The number of hydrogen-bond acceptors (Lipinski definition) is 12. The summed E-state index contributed by atoms with van der Waals surface area (Å²) in [5, 5.41) is 69.4. The molecular formula is C20H38O11S. The molecule has 11 nitrogen and oxygen atoms in total. The van der Waals surface area contributed by atoms with Crippen molar-refractivity contribution in [1.82, 2.24) is 0 Å². The minimum absolute atomic E-state index is 0.303. The van der Waals surface area contributed by atoms with E-state index in [1.807, 2.05) is 0 Å². The van der Waals surface area contributed by atoms with Crippen molar-refractivity contribution in [2.45, 2.75) is 99.9 Å². The Morgan fingerprint density at radius 2 is 1.09 bits per heavy atom. The van der Waals surface area contributed by atoms with E-state index < -0.39 is 68.0 Å². The Morgan fingerprint density at radius 3 is 1.69 bits per heavy atom. The molecule has 2 rings (SSSR count). The Kier molecular flexibility index (Phi) is 12.6. The largest absolute Gasteiger partial charge is 0.394 e. The standard InChI is InChI=1S/C20H38O11S/c21-9-11-13(22)15(24)18(27)20(30-11)29-10-12-14(23)16(25)17(26)19(31-12)28-7-5-3-1-2-4-6-8-32/h11-27,32H,1-10H2/t11-,12-,13-,14-,15+,16+,17+,18+,19+,20+/m1/s1. The second kappa shape index (κ2) is 14.3. The fourth-order valence-electron chi connectivity index (χ4n) is 3.71. The van der Waals surface area contributed by atoms with Gasteiger partial charge in [0.1, 0.15) is 48.8 Å². The number of rotatable bonds is 13. The molecule has 0 spiro atoms. The fourth-order valence-corrected chi connectivity index (χ4v) is 3.93. The van der Waals surface area contributed by atoms with Crippen LogP contribution in [0.3, 0.4) is 0 Å². The molecule has 2 saturated heterocycles. The number of unbranched alkanes of at least 4 members (excludes halogenated alkanes) is 5. The maximum atomic E-state index is 10.2. The molecular weight excluding hydrogens is 448 g/mol. The van der Waals surface area contributed by atoms with Crippen molar-refractivity contribution in [3.8, 4) is 0 Å². The van der Waals surface area contributed by atoms with Gasteiger partial charge >= 0.3 is 0 Å². The van der Waals surface area contributed by atoms with Gasteiger partial charge in [0.25, 0.3) is 0 Å². The predicted molar refractivity (Wildman–Crippen MR) is 114 cm³/mol. The van der Waals surface area contributed by atoms with Crippen molar-refractivity contribution in [2.75, 3.05) is 25.6 Å². The van der Waals surface area contributed by atoms with Crippen LogP contribution in [0.1, 0.15) is 38.5 Å². The van der Waals surface area contributed by atoms with Gasteiger partial charge in [-0.15, -0.1) is 0 Å². The lowest BCUT2D eigenvalue weighted by Gasteiger charge is -2.42. The van der Waals surface area contributed by atoms with Crippen LogP contribution in [0.4, 0.5) is 0 Å². The van der Waals surface area contributed by atoms with Crippen molar-refractivity contribution in [3.63, 3.8) is 0 Å². The highest BCUT2D eigenvalue weighted by Crippen LogP contribution is 2.26. The van der Waals surface area contributed by atoms with Gasteiger partial charge < -0.3 is 54.7 Å². The molecule has 12 heteroatoms. The highest BCUT2D eigenvalue weighted by Gasteiger charge is 2.47. The number of aliphatic hydroxyl groups is 7. The molecule has 2 aliphatic rings. The van der Waals surface area contributed by atoms with Gasteiger partial charge in [0.05, 0.1) is 13.2 Å². The van der Waals surface area contributed by atoms with Crippen LogP contribution < -0.4 is 0 Å². The molecule has 2 aliphatic heterocycles. The Bertz CT molecular complexity index is 514. The van der Waals surface area contributed by atoms with Gasteiger partial charge in [-0.1, -0.05) is 25.7 Å². The maximum Gasteiger partial charge on any atom is 0.186 e. The van der Waals surface area contributed by atoms with Crippen molar-refractivity contribution in [2.24, 2.45) is 0 Å². The van der Waals surface area contributed by atoms with Gasteiger partial charge in [0, 0.05) is 6.61 Å². The predicted octanol–water partition coefficient (Wildman–Crippen LogP) is -2.10. The molecule has 0 unspecified atom stereocenters. The first-order valence-electron chi connectivity index (χ1n) is 11.2. The van der Waals surface area contributed by atoms with E-state index in [0.717, 1.165) is 44.3 Å². The van der Waals surface area contributed by atoms with Crippen LogP contribution in [-0.2, 0) is 18.9 Å². The second-order valence-electron chi connectivity index (χ2n) is 8.26. The molecule has 2 fully saturated rings. The molecule has 0 aromatic carbocycles. The summed E-state index contributed by atoms with van der Waals surface area (Å²) in [7, 11) is 0. The Hall–Kier alpha value is -0.0900. The van der Waals surface area contributed by atoms with E-state index in [0.29, 0.717) is 6.61 Å². The van der Waals surface area contributed by atoms with Gasteiger partial charge in [-0.25, -0.2) is 0 Å². The summed E-state index contributed by atoms with van der Waals surface area (Å²) in [4.78, 5) is 0. The molecule has 32 heavy (non-hydrogen) atoms. The molecule has 0 bridgehead atoms. The quantitative estimate of drug-likeness (QED) is 0.106. The molecule has 2 heterocycles. The lowest BCUT2D eigenvalue weighted by atomic mass is 9.98. The Morgan fingerprint density at radius 1 is 0.594 bits per heavy atom. The zero-order chi connectivity index (χ0) is 23.7. The van der Waals surface area contributed by atoms with Crippen LogP contribution in [0.2, 0.25) is 0 Å². The smallest absolute Gasteiger partial charge is 0.186 e. The van der Waals surface area contributed by atoms with Gasteiger partial charge in [0.15, 0.2) is 12.6 Å². The van der Waals surface area contributed by atoms with E-state index >= 15 is 0 Å². The average molecular weight is 487 g/mol. The van der Waals surface area contributed by atoms with E-state index in [1.54, 1.807) is 0 Å². The molecule has 190 valence electrons. The third kappa shape index (κ3) is 7.72. The van der Waals surface area contributed by atoms with Crippen LogP contribution in [0.25, 0.3) is 0 Å². The number of hydrogen-bond donors (Lipinski definition) is 8. The van der Waals surface area contributed by atoms with Crippen LogP contribution >= 0.6 is 12.6 Å². The summed E-state index contributed by atoms with van der Waals surface area (Å²) in [6, 6.07) is 0. The molecule has 0 aliphatic carbocycles. The zero-order valence-electron chi connectivity index (χ0n) is 18.1. The molecule has 0 aromatic heterocycles. The summed E-state index contributed by atoms with van der Waals surface area (Å²) >= 11 is 4.18. The van der Waals surface area contributed by atoms with Crippen molar-refractivity contribution in [3.05, 3.63) is 0 Å². The minimum atomic E-state index is -1.61. The van der Waals surface area contributed by atoms with Crippen LogP contribution in [-0.4, -0.2) is 123 Å². The molecule has 0 radical (unpaired) electrons. The lowest BCUT2D eigenvalue weighted by Crippen LogP contribution is -2.61.